The number of hydrogen-bond donors (Lipinski definition) is 3. The van der Waals surface area contributed by atoms with Crippen LogP contribution in [0.4, 0.5) is 0 Å². The van der Waals surface area contributed by atoms with Crippen LogP contribution in [0, 0.1) is 17.8 Å². The molecular weight excluding hydrogens is 420 g/mol. The number of likely N-dealkylation sites (tertiary alicyclic amines) is 1. The first kappa shape index (κ1) is 22.3. The van der Waals surface area contributed by atoms with Crippen LogP contribution in [-0.4, -0.2) is 81.5 Å². The molecule has 4 rings (SSSR count). The number of aliphatic carboxylic acids is 1. The normalized spacial score (nSPS) is 33.8. The lowest BCUT2D eigenvalue weighted by Gasteiger charge is -2.47. The average molecular weight is 451 g/mol. The summed E-state index contributed by atoms with van der Waals surface area (Å²) in [5, 5.41) is 13.2. The van der Waals surface area contributed by atoms with Crippen LogP contribution in [0.3, 0.4) is 0 Å². The zero-order valence-corrected chi connectivity index (χ0v) is 18.9. The van der Waals surface area contributed by atoms with Crippen molar-refractivity contribution < 1.29 is 24.3 Å². The molecule has 31 heavy (non-hydrogen) atoms. The van der Waals surface area contributed by atoms with Gasteiger partial charge in [0.15, 0.2) is 0 Å². The summed E-state index contributed by atoms with van der Waals surface area (Å²) in [4.78, 5) is 52.9. The van der Waals surface area contributed by atoms with E-state index in [1.165, 1.54) is 23.6 Å². The summed E-state index contributed by atoms with van der Waals surface area (Å²) in [5.74, 6) is -1.79. The number of nitrogens with zero attached hydrogens (tertiary/aromatic N) is 2. The number of hydrogen-bond acceptors (Lipinski definition) is 7. The molecule has 3 saturated heterocycles. The minimum absolute atomic E-state index is 0.0290. The Hall–Kier alpha value is -1.91. The lowest BCUT2D eigenvalue weighted by atomic mass is 9.73. The molecule has 4 heterocycles. The van der Waals surface area contributed by atoms with Crippen LogP contribution in [0.15, 0.2) is 10.6 Å². The molecule has 2 amide bonds. The second-order valence-corrected chi connectivity index (χ2v) is 10.7. The van der Waals surface area contributed by atoms with Gasteiger partial charge in [0, 0.05) is 48.2 Å². The van der Waals surface area contributed by atoms with Crippen LogP contribution in [0.2, 0.25) is 0 Å². The van der Waals surface area contributed by atoms with Crippen molar-refractivity contribution in [3.05, 3.63) is 10.6 Å². The monoisotopic (exact) mass is 450 g/mol. The van der Waals surface area contributed by atoms with Crippen molar-refractivity contribution >= 4 is 35.3 Å². The summed E-state index contributed by atoms with van der Waals surface area (Å²) < 4.78 is 0. The predicted molar refractivity (Wildman–Crippen MR) is 115 cm³/mol. The Morgan fingerprint density at radius 2 is 2.00 bits per heavy atom. The summed E-state index contributed by atoms with van der Waals surface area (Å²) in [7, 11) is 0. The van der Waals surface area contributed by atoms with E-state index in [4.69, 9.17) is 5.73 Å². The maximum Gasteiger partial charge on any atom is 0.353 e. The van der Waals surface area contributed by atoms with Gasteiger partial charge in [-0.3, -0.25) is 9.59 Å². The first-order valence-corrected chi connectivity index (χ1v) is 11.7. The van der Waals surface area contributed by atoms with E-state index in [-0.39, 0.29) is 64.4 Å². The van der Waals surface area contributed by atoms with E-state index in [1.54, 1.807) is 4.90 Å². The Morgan fingerprint density at radius 3 is 2.58 bits per heavy atom. The molecular formula is C21H30N4O5S. The molecule has 6 atom stereocenters. The number of rotatable bonds is 7. The summed E-state index contributed by atoms with van der Waals surface area (Å²) >= 11 is 1.48. The number of fused-ring (bicyclic) bond motifs is 1. The lowest BCUT2D eigenvalue weighted by Crippen LogP contribution is -2.62. The van der Waals surface area contributed by atoms with E-state index in [1.807, 2.05) is 13.8 Å². The van der Waals surface area contributed by atoms with Crippen molar-refractivity contribution in [3.8, 4) is 0 Å². The second-order valence-electron chi connectivity index (χ2n) is 9.35. The molecule has 0 radical (unpaired) electrons. The van der Waals surface area contributed by atoms with Crippen molar-refractivity contribution in [1.29, 1.82) is 0 Å². The number of carbonyl (C=O) groups excluding carboxylic acids is 3. The Kier molecular flexibility index (Phi) is 5.91. The fourth-order valence-corrected chi connectivity index (χ4v) is 6.90. The topological polar surface area (TPSA) is 133 Å². The van der Waals surface area contributed by atoms with Gasteiger partial charge in [-0.2, -0.15) is 0 Å². The third kappa shape index (κ3) is 3.78. The van der Waals surface area contributed by atoms with Crippen LogP contribution in [0.25, 0.3) is 0 Å². The number of ketones is 1. The van der Waals surface area contributed by atoms with Gasteiger partial charge in [-0.15, -0.1) is 11.8 Å². The molecule has 0 spiro atoms. The van der Waals surface area contributed by atoms with Crippen molar-refractivity contribution in [2.75, 3.05) is 19.6 Å². The summed E-state index contributed by atoms with van der Waals surface area (Å²) in [6.07, 6.45) is 0.927. The van der Waals surface area contributed by atoms with E-state index in [2.05, 4.69) is 5.32 Å². The summed E-state index contributed by atoms with van der Waals surface area (Å²) in [6.45, 7) is 7.13. The summed E-state index contributed by atoms with van der Waals surface area (Å²) in [6, 6.07) is -0.444. The zero-order chi connectivity index (χ0) is 22.6. The van der Waals surface area contributed by atoms with Crippen LogP contribution in [-0.2, 0) is 19.2 Å². The fourth-order valence-electron chi connectivity index (χ4n) is 5.42. The van der Waals surface area contributed by atoms with Gasteiger partial charge in [-0.05, 0) is 19.3 Å². The van der Waals surface area contributed by atoms with Crippen LogP contribution >= 0.6 is 11.8 Å². The number of amides is 2. The first-order chi connectivity index (χ1) is 14.6. The first-order valence-electron chi connectivity index (χ1n) is 10.8. The molecule has 0 unspecified atom stereocenters. The van der Waals surface area contributed by atoms with E-state index in [0.717, 1.165) is 0 Å². The number of nitrogens with one attached hydrogen (secondary N) is 1. The number of carboxylic acid groups (broad SMARTS) is 1. The van der Waals surface area contributed by atoms with Crippen molar-refractivity contribution in [1.82, 2.24) is 15.1 Å². The number of carboxylic acids is 1. The molecule has 10 heteroatoms. The molecule has 9 nitrogen and oxygen atoms in total. The third-order valence-corrected chi connectivity index (χ3v) is 8.43. The molecule has 4 aliphatic rings. The molecule has 3 fully saturated rings. The maximum atomic E-state index is 12.8. The van der Waals surface area contributed by atoms with Gasteiger partial charge in [-0.25, -0.2) is 4.79 Å². The highest BCUT2D eigenvalue weighted by Crippen LogP contribution is 2.53. The van der Waals surface area contributed by atoms with Crippen molar-refractivity contribution in [2.45, 2.75) is 57.0 Å². The minimum Gasteiger partial charge on any atom is -0.477 e. The Morgan fingerprint density at radius 1 is 1.32 bits per heavy atom. The molecule has 0 aromatic heterocycles. The number of thioether (sulfide) groups is 1. The van der Waals surface area contributed by atoms with Gasteiger partial charge in [0.1, 0.15) is 11.5 Å². The molecule has 0 aliphatic carbocycles. The van der Waals surface area contributed by atoms with E-state index < -0.39 is 5.97 Å². The smallest absolute Gasteiger partial charge is 0.353 e. The largest absolute Gasteiger partial charge is 0.477 e. The SMILES string of the molecule is CC(=O)C[C@H](C)[C@H]1C(=O)N2C(C(=O)O)=C(S[C@@H]3CN[C@H](C(=O)N4CC(N)C4)C3)[C@H](C)[C@H]12. The van der Waals surface area contributed by atoms with Gasteiger partial charge in [0.2, 0.25) is 11.8 Å². The molecule has 170 valence electrons. The highest BCUT2D eigenvalue weighted by molar-refractivity contribution is 8.03. The second kappa shape index (κ2) is 8.22. The van der Waals surface area contributed by atoms with Gasteiger partial charge < -0.3 is 30.8 Å². The molecule has 0 bridgehead atoms. The molecule has 4 aliphatic heterocycles. The van der Waals surface area contributed by atoms with Gasteiger partial charge in [0.25, 0.3) is 0 Å². The molecule has 4 N–H and O–H groups in total. The predicted octanol–water partition coefficient (Wildman–Crippen LogP) is 0.00770. The Balaban J connectivity index is 1.46. The van der Waals surface area contributed by atoms with E-state index in [0.29, 0.717) is 37.4 Å². The zero-order valence-electron chi connectivity index (χ0n) is 18.0. The van der Waals surface area contributed by atoms with E-state index in [9.17, 15) is 24.3 Å². The molecule has 0 aromatic rings. The van der Waals surface area contributed by atoms with Crippen LogP contribution in [0.5, 0.6) is 0 Å². The third-order valence-electron chi connectivity index (χ3n) is 6.92. The number of nitrogens with two attached hydrogens (primary N) is 1. The number of Topliss-reactive ketones (excluding diaryl/α,β-unsaturated/α-hetero) is 1. The van der Waals surface area contributed by atoms with Crippen molar-refractivity contribution in [2.24, 2.45) is 23.5 Å². The van der Waals surface area contributed by atoms with Crippen molar-refractivity contribution in [3.63, 3.8) is 0 Å². The van der Waals surface area contributed by atoms with Gasteiger partial charge >= 0.3 is 5.97 Å². The lowest BCUT2D eigenvalue weighted by molar-refractivity contribution is -0.160. The quantitative estimate of drug-likeness (QED) is 0.462. The van der Waals surface area contributed by atoms with E-state index >= 15 is 0 Å². The number of β-lactam (4-membered cyclic amide) rings is 1. The molecule has 0 saturated carbocycles. The number of carbonyl (C=O) groups is 4. The molecule has 0 aromatic carbocycles. The van der Waals surface area contributed by atoms with Crippen LogP contribution in [0.1, 0.15) is 33.6 Å². The van der Waals surface area contributed by atoms with Gasteiger partial charge in [-0.1, -0.05) is 13.8 Å². The Bertz CT molecular complexity index is 855. The standard InChI is InChI=1S/C21H30N4O5S/c1-9(4-10(2)26)15-16-11(3)18(17(21(29)30)25(16)20(15)28)31-13-5-14(23-6-13)19(27)24-7-12(22)8-24/h9,11-16,23H,4-8,22H2,1-3H3,(H,29,30)/t9-,11+,13-,14-,15+,16+/m0/s1. The van der Waals surface area contributed by atoms with Crippen LogP contribution < -0.4 is 11.1 Å². The fraction of sp³-hybridized carbons (Fsp3) is 0.714. The summed E-state index contributed by atoms with van der Waals surface area (Å²) in [5.41, 5.74) is 5.84. The maximum absolute atomic E-state index is 12.8. The highest BCUT2D eigenvalue weighted by atomic mass is 32.2. The minimum atomic E-state index is -1.10. The highest BCUT2D eigenvalue weighted by Gasteiger charge is 2.60. The van der Waals surface area contributed by atoms with Gasteiger partial charge in [0.05, 0.1) is 18.0 Å². The average Bonchev–Trinajstić information content (AvgIpc) is 3.21. The Labute approximate surface area is 185 Å².